The minimum absolute atomic E-state index is 0.0403. The first-order chi connectivity index (χ1) is 7.13. The van der Waals surface area contributed by atoms with E-state index in [1.165, 1.54) is 0 Å². The fraction of sp³-hybridized carbons (Fsp3) is 0.727. The zero-order valence-corrected chi connectivity index (χ0v) is 11.1. The van der Waals surface area contributed by atoms with Crippen LogP contribution in [0, 0.1) is 5.41 Å². The molecular weight excluding hydrogens is 226 g/mol. The third kappa shape index (κ3) is 1.96. The molecule has 0 atom stereocenters. The van der Waals surface area contributed by atoms with E-state index in [1.54, 1.807) is 27.7 Å². The van der Waals surface area contributed by atoms with Crippen molar-refractivity contribution in [2.24, 2.45) is 5.41 Å². The average molecular weight is 243 g/mol. The van der Waals surface area contributed by atoms with E-state index >= 15 is 0 Å². The number of carbonyl (C=O) groups is 2. The summed E-state index contributed by atoms with van der Waals surface area (Å²) in [4.78, 5) is 25.1. The van der Waals surface area contributed by atoms with Gasteiger partial charge in [0.1, 0.15) is 0 Å². The highest BCUT2D eigenvalue weighted by Crippen LogP contribution is 2.30. The lowest BCUT2D eigenvalue weighted by atomic mass is 9.88. The lowest BCUT2D eigenvalue weighted by molar-refractivity contribution is -0.147. The second-order valence-electron chi connectivity index (χ2n) is 5.06. The molecule has 2 amide bonds. The Morgan fingerprint density at radius 1 is 1.50 bits per heavy atom. The van der Waals surface area contributed by atoms with E-state index in [4.69, 9.17) is 17.0 Å². The van der Waals surface area contributed by atoms with Crippen LogP contribution in [0.5, 0.6) is 0 Å². The normalized spacial score (nSPS) is 19.9. The summed E-state index contributed by atoms with van der Waals surface area (Å²) in [7, 11) is 0. The van der Waals surface area contributed by atoms with Crippen LogP contribution in [-0.2, 0) is 14.3 Å². The summed E-state index contributed by atoms with van der Waals surface area (Å²) in [5.74, 6) is -0.681. The van der Waals surface area contributed by atoms with E-state index in [0.29, 0.717) is 6.42 Å². The van der Waals surface area contributed by atoms with Crippen LogP contribution in [-0.4, -0.2) is 27.5 Å². The SMILES string of the molecule is CCC(C)(C)C(=O)N1C(=O)C(C)(C)OC1=S. The molecule has 1 rings (SSSR count). The first kappa shape index (κ1) is 13.1. The molecule has 0 aromatic heterocycles. The summed E-state index contributed by atoms with van der Waals surface area (Å²) in [6.45, 7) is 8.68. The maximum atomic E-state index is 12.1. The van der Waals surface area contributed by atoms with Crippen molar-refractivity contribution in [2.75, 3.05) is 0 Å². The largest absolute Gasteiger partial charge is 0.454 e. The van der Waals surface area contributed by atoms with E-state index in [9.17, 15) is 9.59 Å². The molecule has 1 heterocycles. The van der Waals surface area contributed by atoms with Crippen LogP contribution < -0.4 is 0 Å². The lowest BCUT2D eigenvalue weighted by Crippen LogP contribution is -2.46. The Hall–Kier alpha value is -0.970. The minimum atomic E-state index is -1.03. The number of rotatable bonds is 2. The summed E-state index contributed by atoms with van der Waals surface area (Å²) in [6.07, 6.45) is 0.638. The van der Waals surface area contributed by atoms with Crippen LogP contribution in [0.4, 0.5) is 0 Å². The standard InChI is InChI=1S/C11H17NO3S/c1-6-10(2,3)7(13)12-8(14)11(4,5)15-9(12)16/h6H2,1-5H3. The van der Waals surface area contributed by atoms with Crippen molar-refractivity contribution >= 4 is 29.2 Å². The topological polar surface area (TPSA) is 46.6 Å². The number of amides is 2. The van der Waals surface area contributed by atoms with Gasteiger partial charge < -0.3 is 4.74 Å². The molecule has 0 aliphatic carbocycles. The Kier molecular flexibility index (Phi) is 3.11. The van der Waals surface area contributed by atoms with Crippen molar-refractivity contribution in [1.29, 1.82) is 0 Å². The molecule has 0 aromatic carbocycles. The quantitative estimate of drug-likeness (QED) is 0.695. The molecule has 90 valence electrons. The first-order valence-corrected chi connectivity index (χ1v) is 5.66. The number of carbonyl (C=O) groups excluding carboxylic acids is 2. The molecule has 0 radical (unpaired) electrons. The van der Waals surface area contributed by atoms with Gasteiger partial charge in [-0.1, -0.05) is 20.8 Å². The van der Waals surface area contributed by atoms with Gasteiger partial charge in [0.05, 0.1) is 0 Å². The van der Waals surface area contributed by atoms with Crippen LogP contribution in [0.25, 0.3) is 0 Å². The predicted molar refractivity (Wildman–Crippen MR) is 63.7 cm³/mol. The van der Waals surface area contributed by atoms with Gasteiger partial charge >= 0.3 is 0 Å². The molecule has 0 N–H and O–H groups in total. The zero-order valence-electron chi connectivity index (χ0n) is 10.3. The molecule has 0 unspecified atom stereocenters. The second-order valence-corrected chi connectivity index (χ2v) is 5.41. The predicted octanol–water partition coefficient (Wildman–Crippen LogP) is 1.87. The Morgan fingerprint density at radius 3 is 2.31 bits per heavy atom. The van der Waals surface area contributed by atoms with Crippen molar-refractivity contribution in [3.63, 3.8) is 0 Å². The van der Waals surface area contributed by atoms with E-state index in [-0.39, 0.29) is 17.0 Å². The summed E-state index contributed by atoms with van der Waals surface area (Å²) in [5, 5.41) is -0.0403. The number of ether oxygens (including phenoxy) is 1. The van der Waals surface area contributed by atoms with Gasteiger partial charge in [0.15, 0.2) is 5.60 Å². The molecule has 1 aliphatic rings. The molecule has 1 saturated heterocycles. The van der Waals surface area contributed by atoms with E-state index in [1.807, 2.05) is 6.92 Å². The van der Waals surface area contributed by atoms with E-state index in [2.05, 4.69) is 0 Å². The van der Waals surface area contributed by atoms with Gasteiger partial charge in [-0.15, -0.1) is 0 Å². The Bertz CT molecular complexity index is 360. The molecular formula is C11H17NO3S. The van der Waals surface area contributed by atoms with Crippen molar-refractivity contribution in [3.8, 4) is 0 Å². The van der Waals surface area contributed by atoms with Gasteiger partial charge in [-0.3, -0.25) is 9.59 Å². The van der Waals surface area contributed by atoms with Crippen LogP contribution in [0.2, 0.25) is 0 Å². The van der Waals surface area contributed by atoms with Crippen molar-refractivity contribution in [2.45, 2.75) is 46.6 Å². The molecule has 0 aromatic rings. The maximum absolute atomic E-state index is 12.1. The third-order valence-corrected chi connectivity index (χ3v) is 3.18. The van der Waals surface area contributed by atoms with Gasteiger partial charge in [-0.25, -0.2) is 4.90 Å². The number of imide groups is 1. The van der Waals surface area contributed by atoms with Crippen LogP contribution in [0.3, 0.4) is 0 Å². The summed E-state index contributed by atoms with van der Waals surface area (Å²) >= 11 is 4.92. The molecule has 1 aliphatic heterocycles. The third-order valence-electron chi connectivity index (χ3n) is 2.91. The van der Waals surface area contributed by atoms with Crippen LogP contribution >= 0.6 is 12.2 Å². The van der Waals surface area contributed by atoms with Gasteiger partial charge in [-0.2, -0.15) is 0 Å². The van der Waals surface area contributed by atoms with Gasteiger partial charge in [0.2, 0.25) is 5.91 Å². The van der Waals surface area contributed by atoms with Crippen molar-refractivity contribution in [1.82, 2.24) is 4.90 Å². The highest BCUT2D eigenvalue weighted by Gasteiger charge is 2.50. The highest BCUT2D eigenvalue weighted by molar-refractivity contribution is 7.80. The van der Waals surface area contributed by atoms with E-state index < -0.39 is 11.0 Å². The lowest BCUT2D eigenvalue weighted by Gasteiger charge is -2.25. The zero-order chi connectivity index (χ0) is 12.7. The molecule has 16 heavy (non-hydrogen) atoms. The summed E-state index contributed by atoms with van der Waals surface area (Å²) in [6, 6.07) is 0. The molecule has 4 nitrogen and oxygen atoms in total. The Balaban J connectivity index is 3.04. The smallest absolute Gasteiger partial charge is 0.280 e. The number of hydrogen-bond donors (Lipinski definition) is 0. The van der Waals surface area contributed by atoms with Crippen LogP contribution in [0.1, 0.15) is 41.0 Å². The molecule has 1 fully saturated rings. The van der Waals surface area contributed by atoms with Gasteiger partial charge in [0, 0.05) is 5.41 Å². The molecule has 0 spiro atoms. The van der Waals surface area contributed by atoms with Crippen molar-refractivity contribution < 1.29 is 14.3 Å². The first-order valence-electron chi connectivity index (χ1n) is 5.25. The van der Waals surface area contributed by atoms with Crippen molar-refractivity contribution in [3.05, 3.63) is 0 Å². The number of hydrogen-bond acceptors (Lipinski definition) is 4. The average Bonchev–Trinajstić information content (AvgIpc) is 2.35. The fourth-order valence-corrected chi connectivity index (χ4v) is 1.66. The summed E-state index contributed by atoms with van der Waals surface area (Å²) < 4.78 is 5.22. The second kappa shape index (κ2) is 3.80. The van der Waals surface area contributed by atoms with Crippen LogP contribution in [0.15, 0.2) is 0 Å². The Morgan fingerprint density at radius 2 is 2.00 bits per heavy atom. The molecule has 5 heteroatoms. The number of nitrogens with zero attached hydrogens (tertiary/aromatic N) is 1. The molecule has 0 saturated carbocycles. The number of thiocarbonyl (C=S) groups is 1. The molecule has 0 bridgehead atoms. The van der Waals surface area contributed by atoms with Gasteiger partial charge in [-0.05, 0) is 32.5 Å². The Labute approximate surface area is 101 Å². The van der Waals surface area contributed by atoms with Gasteiger partial charge in [0.25, 0.3) is 11.1 Å². The fourth-order valence-electron chi connectivity index (χ4n) is 1.29. The monoisotopic (exact) mass is 243 g/mol. The minimum Gasteiger partial charge on any atom is -0.454 e. The maximum Gasteiger partial charge on any atom is 0.280 e. The van der Waals surface area contributed by atoms with E-state index in [0.717, 1.165) is 4.90 Å². The highest BCUT2D eigenvalue weighted by atomic mass is 32.1. The summed E-state index contributed by atoms with van der Waals surface area (Å²) in [5.41, 5.74) is -1.64.